The number of hydrogen-bond acceptors (Lipinski definition) is 5. The Labute approximate surface area is 165 Å². The standard InChI is InChI=1S/C20H30FN3O4/c1-13(2)16(23-19(26)28-20(3,4)5)18(25)24-11-8-14(9-12-24)27-17-15(21)7-6-10-22-17/h6-7,10,13-14,16H,8-9,11-12H2,1-5H3,(H,23,26)/t16-/m0/s1. The molecule has 0 radical (unpaired) electrons. The number of likely N-dealkylation sites (tertiary alicyclic amines) is 1. The summed E-state index contributed by atoms with van der Waals surface area (Å²) < 4.78 is 24.6. The van der Waals surface area contributed by atoms with Crippen molar-refractivity contribution in [3.63, 3.8) is 0 Å². The Morgan fingerprint density at radius 1 is 1.29 bits per heavy atom. The Morgan fingerprint density at radius 3 is 2.46 bits per heavy atom. The number of halogens is 1. The summed E-state index contributed by atoms with van der Waals surface area (Å²) in [7, 11) is 0. The third kappa shape index (κ3) is 6.35. The minimum Gasteiger partial charge on any atom is -0.472 e. The topological polar surface area (TPSA) is 80.8 Å². The van der Waals surface area contributed by atoms with E-state index in [0.717, 1.165) is 0 Å². The molecule has 0 aromatic carbocycles. The van der Waals surface area contributed by atoms with Crippen LogP contribution in [0.2, 0.25) is 0 Å². The van der Waals surface area contributed by atoms with Crippen LogP contribution in [0.1, 0.15) is 47.5 Å². The van der Waals surface area contributed by atoms with Crippen molar-refractivity contribution in [1.29, 1.82) is 0 Å². The SMILES string of the molecule is CC(C)[C@H](NC(=O)OC(C)(C)C)C(=O)N1CCC(Oc2ncccc2F)CC1. The molecule has 0 spiro atoms. The van der Waals surface area contributed by atoms with Gasteiger partial charge in [0.1, 0.15) is 17.7 Å². The van der Waals surface area contributed by atoms with Crippen LogP contribution < -0.4 is 10.1 Å². The molecule has 0 unspecified atom stereocenters. The molecule has 1 fully saturated rings. The zero-order valence-corrected chi connectivity index (χ0v) is 17.2. The van der Waals surface area contributed by atoms with Gasteiger partial charge in [-0.2, -0.15) is 0 Å². The van der Waals surface area contributed by atoms with Gasteiger partial charge in [0.05, 0.1) is 0 Å². The van der Waals surface area contributed by atoms with Crippen molar-refractivity contribution >= 4 is 12.0 Å². The van der Waals surface area contributed by atoms with Gasteiger partial charge in [0.15, 0.2) is 5.82 Å². The van der Waals surface area contributed by atoms with Crippen LogP contribution in [0, 0.1) is 11.7 Å². The molecule has 1 aromatic rings. The Hall–Kier alpha value is -2.38. The highest BCUT2D eigenvalue weighted by molar-refractivity contribution is 5.86. The molecule has 2 amide bonds. The van der Waals surface area contributed by atoms with Crippen LogP contribution in [0.4, 0.5) is 9.18 Å². The summed E-state index contributed by atoms with van der Waals surface area (Å²) in [4.78, 5) is 30.6. The highest BCUT2D eigenvalue weighted by Crippen LogP contribution is 2.21. The maximum absolute atomic E-state index is 13.7. The predicted octanol–water partition coefficient (Wildman–Crippen LogP) is 3.14. The van der Waals surface area contributed by atoms with Crippen LogP contribution >= 0.6 is 0 Å². The highest BCUT2D eigenvalue weighted by atomic mass is 19.1. The summed E-state index contributed by atoms with van der Waals surface area (Å²) in [5.41, 5.74) is -0.634. The molecule has 1 aliphatic heterocycles. The second-order valence-corrected chi connectivity index (χ2v) is 8.30. The molecule has 28 heavy (non-hydrogen) atoms. The van der Waals surface area contributed by atoms with E-state index in [4.69, 9.17) is 9.47 Å². The van der Waals surface area contributed by atoms with E-state index in [1.165, 1.54) is 18.3 Å². The number of amides is 2. The molecule has 0 bridgehead atoms. The number of carbonyl (C=O) groups excluding carboxylic acids is 2. The van der Waals surface area contributed by atoms with Crippen molar-refractivity contribution in [3.8, 4) is 5.88 Å². The number of nitrogens with one attached hydrogen (secondary N) is 1. The second-order valence-electron chi connectivity index (χ2n) is 8.30. The molecule has 1 saturated heterocycles. The van der Waals surface area contributed by atoms with Crippen LogP contribution in [0.15, 0.2) is 18.3 Å². The number of carbonyl (C=O) groups is 2. The van der Waals surface area contributed by atoms with E-state index in [1.54, 1.807) is 25.7 Å². The van der Waals surface area contributed by atoms with Crippen molar-refractivity contribution in [2.45, 2.75) is 65.2 Å². The molecule has 2 rings (SSSR count). The first-order chi connectivity index (χ1) is 13.1. The molecule has 8 heteroatoms. The smallest absolute Gasteiger partial charge is 0.408 e. The third-order valence-electron chi connectivity index (χ3n) is 4.36. The lowest BCUT2D eigenvalue weighted by Crippen LogP contribution is -2.54. The lowest BCUT2D eigenvalue weighted by molar-refractivity contribution is -0.136. The monoisotopic (exact) mass is 395 g/mol. The van der Waals surface area contributed by atoms with Crippen molar-refractivity contribution in [2.24, 2.45) is 5.92 Å². The lowest BCUT2D eigenvalue weighted by atomic mass is 10.0. The average Bonchev–Trinajstić information content (AvgIpc) is 2.60. The van der Waals surface area contributed by atoms with Crippen LogP contribution in [0.25, 0.3) is 0 Å². The number of rotatable bonds is 5. The van der Waals surface area contributed by atoms with Gasteiger partial charge in [-0.25, -0.2) is 14.2 Å². The Balaban J connectivity index is 1.91. The van der Waals surface area contributed by atoms with Crippen molar-refractivity contribution < 1.29 is 23.5 Å². The van der Waals surface area contributed by atoms with E-state index in [2.05, 4.69) is 10.3 Å². The van der Waals surface area contributed by atoms with E-state index in [0.29, 0.717) is 25.9 Å². The molecule has 1 aliphatic rings. The largest absolute Gasteiger partial charge is 0.472 e. The molecule has 2 heterocycles. The Kier molecular flexibility index (Phi) is 7.21. The van der Waals surface area contributed by atoms with Gasteiger partial charge in [-0.05, 0) is 38.8 Å². The molecule has 0 saturated carbocycles. The van der Waals surface area contributed by atoms with Gasteiger partial charge < -0.3 is 19.7 Å². The molecule has 1 atom stereocenters. The molecule has 7 nitrogen and oxygen atoms in total. The van der Waals surface area contributed by atoms with E-state index in [-0.39, 0.29) is 23.8 Å². The fourth-order valence-electron chi connectivity index (χ4n) is 2.95. The Morgan fingerprint density at radius 2 is 1.93 bits per heavy atom. The number of ether oxygens (including phenoxy) is 2. The third-order valence-corrected chi connectivity index (χ3v) is 4.36. The van der Waals surface area contributed by atoms with E-state index < -0.39 is 23.6 Å². The van der Waals surface area contributed by atoms with E-state index in [1.807, 2.05) is 13.8 Å². The number of hydrogen-bond donors (Lipinski definition) is 1. The summed E-state index contributed by atoms with van der Waals surface area (Å²) in [6.07, 6.45) is 1.80. The zero-order valence-electron chi connectivity index (χ0n) is 17.2. The summed E-state index contributed by atoms with van der Waals surface area (Å²) in [5, 5.41) is 2.69. The first-order valence-corrected chi connectivity index (χ1v) is 9.62. The number of piperidine rings is 1. The summed E-state index contributed by atoms with van der Waals surface area (Å²) in [6.45, 7) is 10.0. The highest BCUT2D eigenvalue weighted by Gasteiger charge is 2.33. The van der Waals surface area contributed by atoms with Gasteiger partial charge >= 0.3 is 6.09 Å². The molecular formula is C20H30FN3O4. The predicted molar refractivity (Wildman–Crippen MR) is 102 cm³/mol. The number of aromatic nitrogens is 1. The van der Waals surface area contributed by atoms with Gasteiger partial charge in [-0.3, -0.25) is 4.79 Å². The van der Waals surface area contributed by atoms with Gasteiger partial charge in [-0.1, -0.05) is 13.8 Å². The Bertz CT molecular complexity index is 682. The van der Waals surface area contributed by atoms with Crippen molar-refractivity contribution in [3.05, 3.63) is 24.1 Å². The zero-order chi connectivity index (χ0) is 20.9. The molecular weight excluding hydrogens is 365 g/mol. The molecule has 0 aliphatic carbocycles. The van der Waals surface area contributed by atoms with Gasteiger partial charge in [-0.15, -0.1) is 0 Å². The number of pyridine rings is 1. The van der Waals surface area contributed by atoms with Crippen molar-refractivity contribution in [1.82, 2.24) is 15.2 Å². The fourth-order valence-corrected chi connectivity index (χ4v) is 2.95. The van der Waals surface area contributed by atoms with Crippen LogP contribution in [-0.2, 0) is 9.53 Å². The quantitative estimate of drug-likeness (QED) is 0.828. The summed E-state index contributed by atoms with van der Waals surface area (Å²) >= 11 is 0. The lowest BCUT2D eigenvalue weighted by Gasteiger charge is -2.35. The van der Waals surface area contributed by atoms with Gasteiger partial charge in [0.2, 0.25) is 5.91 Å². The minimum atomic E-state index is -0.666. The molecule has 1 N–H and O–H groups in total. The fraction of sp³-hybridized carbons (Fsp3) is 0.650. The number of nitrogens with zero attached hydrogens (tertiary/aromatic N) is 2. The van der Waals surface area contributed by atoms with Crippen molar-refractivity contribution in [2.75, 3.05) is 13.1 Å². The van der Waals surface area contributed by atoms with Gasteiger partial charge in [0, 0.05) is 32.1 Å². The molecule has 156 valence electrons. The summed E-state index contributed by atoms with van der Waals surface area (Å²) in [6, 6.07) is 2.14. The first kappa shape index (κ1) is 21.9. The maximum atomic E-state index is 13.7. The number of alkyl carbamates (subject to hydrolysis) is 1. The second kappa shape index (κ2) is 9.21. The normalized spacial score (nSPS) is 16.6. The van der Waals surface area contributed by atoms with Gasteiger partial charge in [0.25, 0.3) is 5.88 Å². The molecule has 1 aromatic heterocycles. The maximum Gasteiger partial charge on any atom is 0.408 e. The minimum absolute atomic E-state index is 0.0149. The van der Waals surface area contributed by atoms with Crippen LogP contribution in [0.3, 0.4) is 0 Å². The summed E-state index contributed by atoms with van der Waals surface area (Å²) in [5.74, 6) is -0.749. The van der Waals surface area contributed by atoms with Crippen LogP contribution in [-0.4, -0.2) is 52.7 Å². The average molecular weight is 395 g/mol. The van der Waals surface area contributed by atoms with E-state index in [9.17, 15) is 14.0 Å². The first-order valence-electron chi connectivity index (χ1n) is 9.62. The van der Waals surface area contributed by atoms with Crippen LogP contribution in [0.5, 0.6) is 5.88 Å². The van der Waals surface area contributed by atoms with E-state index >= 15 is 0 Å².